The van der Waals surface area contributed by atoms with Gasteiger partial charge in [0.1, 0.15) is 0 Å². The highest BCUT2D eigenvalue weighted by Gasteiger charge is 2.27. The van der Waals surface area contributed by atoms with E-state index in [0.29, 0.717) is 13.0 Å². The highest BCUT2D eigenvalue weighted by atomic mass is 19.4. The summed E-state index contributed by atoms with van der Waals surface area (Å²) >= 11 is 0. The molecule has 0 aliphatic rings. The van der Waals surface area contributed by atoms with Crippen LogP contribution < -0.4 is 5.32 Å². The Kier molecular flexibility index (Phi) is 5.17. The number of rotatable bonds is 6. The number of nitrogens with one attached hydrogen (secondary N) is 1. The van der Waals surface area contributed by atoms with E-state index >= 15 is 0 Å². The topological polar surface area (TPSA) is 24.9 Å². The molecule has 1 unspecified atom stereocenters. The monoisotopic (exact) mass is 296 g/mol. The first-order valence-corrected chi connectivity index (χ1v) is 7.15. The first-order valence-electron chi connectivity index (χ1n) is 7.15. The van der Waals surface area contributed by atoms with Crippen molar-refractivity contribution in [3.05, 3.63) is 42.1 Å². The third-order valence-corrected chi connectivity index (χ3v) is 3.38. The summed E-state index contributed by atoms with van der Waals surface area (Å²) in [5.41, 5.74) is 1.67. The fraction of sp³-hybridized carbons (Fsp3) is 0.438. The molecule has 114 valence electrons. The Morgan fingerprint density at radius 3 is 2.62 bits per heavy atom. The Morgan fingerprint density at radius 2 is 1.90 bits per heavy atom. The van der Waals surface area contributed by atoms with E-state index in [2.05, 4.69) is 10.3 Å². The number of hydrogen-bond acceptors (Lipinski definition) is 2. The lowest BCUT2D eigenvalue weighted by Crippen LogP contribution is -2.22. The van der Waals surface area contributed by atoms with Crippen LogP contribution in [0.3, 0.4) is 0 Å². The van der Waals surface area contributed by atoms with E-state index in [-0.39, 0.29) is 12.5 Å². The van der Waals surface area contributed by atoms with Gasteiger partial charge in [0.15, 0.2) is 0 Å². The lowest BCUT2D eigenvalue weighted by atomic mass is 10.0. The molecule has 5 heteroatoms. The van der Waals surface area contributed by atoms with E-state index in [4.69, 9.17) is 0 Å². The van der Waals surface area contributed by atoms with Gasteiger partial charge in [0.25, 0.3) is 0 Å². The van der Waals surface area contributed by atoms with Crippen LogP contribution in [0.2, 0.25) is 0 Å². The van der Waals surface area contributed by atoms with Crippen LogP contribution in [0.4, 0.5) is 13.2 Å². The van der Waals surface area contributed by atoms with Crippen LogP contribution in [-0.4, -0.2) is 17.7 Å². The van der Waals surface area contributed by atoms with Crippen LogP contribution in [0.5, 0.6) is 0 Å². The molecule has 0 bridgehead atoms. The van der Waals surface area contributed by atoms with Crippen molar-refractivity contribution in [1.29, 1.82) is 0 Å². The van der Waals surface area contributed by atoms with Gasteiger partial charge < -0.3 is 5.32 Å². The van der Waals surface area contributed by atoms with E-state index in [1.54, 1.807) is 0 Å². The van der Waals surface area contributed by atoms with Gasteiger partial charge >= 0.3 is 6.18 Å². The number of pyridine rings is 1. The minimum absolute atomic E-state index is 0.107. The third-order valence-electron chi connectivity index (χ3n) is 3.38. The molecule has 1 atom stereocenters. The number of nitrogens with zero attached hydrogens (tertiary/aromatic N) is 1. The predicted octanol–water partition coefficient (Wildman–Crippen LogP) is 4.62. The summed E-state index contributed by atoms with van der Waals surface area (Å²) in [4.78, 5) is 4.57. The SMILES string of the molecule is CCNC(CCCC(F)(F)F)c1ccc2ccccc2n1. The van der Waals surface area contributed by atoms with Crippen LogP contribution >= 0.6 is 0 Å². The average molecular weight is 296 g/mol. The van der Waals surface area contributed by atoms with Gasteiger partial charge in [0.05, 0.1) is 11.2 Å². The molecule has 2 nitrogen and oxygen atoms in total. The number of hydrogen-bond donors (Lipinski definition) is 1. The predicted molar refractivity (Wildman–Crippen MR) is 78.1 cm³/mol. The molecule has 2 rings (SSSR count). The highest BCUT2D eigenvalue weighted by Crippen LogP contribution is 2.26. The highest BCUT2D eigenvalue weighted by molar-refractivity contribution is 5.78. The molecule has 0 aliphatic carbocycles. The fourth-order valence-corrected chi connectivity index (χ4v) is 2.38. The van der Waals surface area contributed by atoms with Gasteiger partial charge in [-0.05, 0) is 31.5 Å². The van der Waals surface area contributed by atoms with Crippen LogP contribution in [0.15, 0.2) is 36.4 Å². The largest absolute Gasteiger partial charge is 0.389 e. The molecule has 0 aliphatic heterocycles. The van der Waals surface area contributed by atoms with E-state index in [9.17, 15) is 13.2 Å². The second kappa shape index (κ2) is 6.89. The summed E-state index contributed by atoms with van der Waals surface area (Å²) in [5, 5.41) is 4.25. The van der Waals surface area contributed by atoms with Gasteiger partial charge in [-0.3, -0.25) is 4.98 Å². The summed E-state index contributed by atoms with van der Waals surface area (Å²) in [6.45, 7) is 2.64. The lowest BCUT2D eigenvalue weighted by Gasteiger charge is -2.18. The maximum atomic E-state index is 12.3. The molecule has 0 amide bonds. The summed E-state index contributed by atoms with van der Waals surface area (Å²) in [5.74, 6) is 0. The first kappa shape index (κ1) is 15.8. The Morgan fingerprint density at radius 1 is 1.14 bits per heavy atom. The van der Waals surface area contributed by atoms with Crippen molar-refractivity contribution in [2.24, 2.45) is 0 Å². The number of para-hydroxylation sites is 1. The van der Waals surface area contributed by atoms with Gasteiger partial charge in [0, 0.05) is 17.8 Å². The molecule has 1 N–H and O–H groups in total. The second-order valence-corrected chi connectivity index (χ2v) is 5.05. The quantitative estimate of drug-likeness (QED) is 0.841. The Balaban J connectivity index is 2.11. The van der Waals surface area contributed by atoms with E-state index < -0.39 is 12.6 Å². The summed E-state index contributed by atoms with van der Waals surface area (Å²) in [6, 6.07) is 11.5. The molecule has 0 radical (unpaired) electrons. The van der Waals surface area contributed by atoms with Gasteiger partial charge in [-0.25, -0.2) is 0 Å². The number of halogens is 3. The molecule has 1 aromatic heterocycles. The summed E-state index contributed by atoms with van der Waals surface area (Å²) in [6.07, 6.45) is -4.30. The normalized spacial score (nSPS) is 13.5. The Labute approximate surface area is 122 Å². The first-order chi connectivity index (χ1) is 9.99. The molecule has 21 heavy (non-hydrogen) atoms. The van der Waals surface area contributed by atoms with Crippen molar-refractivity contribution in [1.82, 2.24) is 10.3 Å². The van der Waals surface area contributed by atoms with Gasteiger partial charge in [0.2, 0.25) is 0 Å². The van der Waals surface area contributed by atoms with Crippen molar-refractivity contribution in [2.75, 3.05) is 6.54 Å². The Bertz CT molecular complexity index is 581. The molecule has 0 spiro atoms. The Hall–Kier alpha value is -1.62. The fourth-order valence-electron chi connectivity index (χ4n) is 2.38. The van der Waals surface area contributed by atoms with Gasteiger partial charge in [-0.1, -0.05) is 31.2 Å². The number of fused-ring (bicyclic) bond motifs is 1. The molecule has 1 heterocycles. The zero-order chi connectivity index (χ0) is 15.3. The maximum absolute atomic E-state index is 12.3. The van der Waals surface area contributed by atoms with Crippen LogP contribution in [0, 0.1) is 0 Å². The van der Waals surface area contributed by atoms with Crippen molar-refractivity contribution >= 4 is 10.9 Å². The molecular formula is C16H19F3N2. The van der Waals surface area contributed by atoms with Gasteiger partial charge in [-0.15, -0.1) is 0 Å². The molecule has 0 saturated heterocycles. The lowest BCUT2D eigenvalue weighted by molar-refractivity contribution is -0.135. The number of alkyl halides is 3. The smallest absolute Gasteiger partial charge is 0.309 e. The number of aromatic nitrogens is 1. The van der Waals surface area contributed by atoms with Crippen molar-refractivity contribution in [3.63, 3.8) is 0 Å². The van der Waals surface area contributed by atoms with Crippen LogP contribution in [-0.2, 0) is 0 Å². The van der Waals surface area contributed by atoms with E-state index in [1.165, 1.54) is 0 Å². The maximum Gasteiger partial charge on any atom is 0.389 e. The molecule has 0 saturated carbocycles. The minimum Gasteiger partial charge on any atom is -0.309 e. The average Bonchev–Trinajstić information content (AvgIpc) is 2.44. The third kappa shape index (κ3) is 4.70. The van der Waals surface area contributed by atoms with Crippen molar-refractivity contribution in [3.8, 4) is 0 Å². The number of benzene rings is 1. The summed E-state index contributed by atoms with van der Waals surface area (Å²) in [7, 11) is 0. The second-order valence-electron chi connectivity index (χ2n) is 5.05. The molecule has 2 aromatic rings. The van der Waals surface area contributed by atoms with Crippen LogP contribution in [0.1, 0.15) is 37.9 Å². The minimum atomic E-state index is -4.09. The zero-order valence-electron chi connectivity index (χ0n) is 12.0. The van der Waals surface area contributed by atoms with Crippen LogP contribution in [0.25, 0.3) is 10.9 Å². The van der Waals surface area contributed by atoms with Crippen molar-refractivity contribution in [2.45, 2.75) is 38.4 Å². The molecular weight excluding hydrogens is 277 g/mol. The molecule has 0 fully saturated rings. The van der Waals surface area contributed by atoms with E-state index in [1.807, 2.05) is 43.3 Å². The van der Waals surface area contributed by atoms with E-state index in [0.717, 1.165) is 16.6 Å². The van der Waals surface area contributed by atoms with Gasteiger partial charge in [-0.2, -0.15) is 13.2 Å². The standard InChI is InChI=1S/C16H19F3N2/c1-2-20-14(8-5-11-16(17,18)19)15-10-9-12-6-3-4-7-13(12)21-15/h3-4,6-7,9-10,14,20H,2,5,8,11H2,1H3. The summed E-state index contributed by atoms with van der Waals surface area (Å²) < 4.78 is 36.8. The van der Waals surface area contributed by atoms with Crippen molar-refractivity contribution < 1.29 is 13.2 Å². The zero-order valence-corrected chi connectivity index (χ0v) is 12.0. The molecule has 1 aromatic carbocycles.